The molecule has 184 valence electrons. The Hall–Kier alpha value is -4.98. The second-order valence-electron chi connectivity index (χ2n) is 8.94. The van der Waals surface area contributed by atoms with Crippen LogP contribution < -0.4 is 16.4 Å². The van der Waals surface area contributed by atoms with Gasteiger partial charge in [-0.2, -0.15) is 5.10 Å². The van der Waals surface area contributed by atoms with Gasteiger partial charge in [0, 0.05) is 22.5 Å². The predicted molar refractivity (Wildman–Crippen MR) is 146 cm³/mol. The summed E-state index contributed by atoms with van der Waals surface area (Å²) in [5, 5.41) is 10.0. The molecule has 0 saturated carbocycles. The Morgan fingerprint density at radius 3 is 2.43 bits per heavy atom. The van der Waals surface area contributed by atoms with E-state index in [9.17, 15) is 9.59 Å². The van der Waals surface area contributed by atoms with Gasteiger partial charge in [-0.05, 0) is 35.7 Å². The molecular weight excluding hydrogens is 464 g/mol. The number of para-hydroxylation sites is 1. The summed E-state index contributed by atoms with van der Waals surface area (Å²) in [6, 6.07) is 25.6. The number of fused-ring (bicyclic) bond motifs is 1. The van der Waals surface area contributed by atoms with Crippen molar-refractivity contribution in [1.82, 2.24) is 14.6 Å². The lowest BCUT2D eigenvalue weighted by Crippen LogP contribution is -2.20. The van der Waals surface area contributed by atoms with Gasteiger partial charge in [0.1, 0.15) is 11.8 Å². The maximum atomic E-state index is 13.5. The molecule has 3 aromatic carbocycles. The number of ketones is 1. The molecule has 5 aromatic rings. The van der Waals surface area contributed by atoms with Crippen LogP contribution in [0.1, 0.15) is 41.4 Å². The monoisotopic (exact) mass is 490 g/mol. The number of hydrogen-bond acceptors (Lipinski definition) is 5. The Morgan fingerprint density at radius 2 is 1.65 bits per heavy atom. The molecule has 8 nitrogen and oxygen atoms in total. The molecule has 0 bridgehead atoms. The number of nitrogens with two attached hydrogens (primary N) is 1. The number of hydrogen-bond donors (Lipinski definition) is 3. The highest BCUT2D eigenvalue weighted by atomic mass is 16.2. The van der Waals surface area contributed by atoms with E-state index >= 15 is 0 Å². The molecule has 8 heteroatoms. The Morgan fingerprint density at radius 1 is 0.892 bits per heavy atom. The minimum atomic E-state index is -0.415. The Labute approximate surface area is 214 Å². The van der Waals surface area contributed by atoms with E-state index in [-0.39, 0.29) is 17.5 Å². The number of urea groups is 1. The van der Waals surface area contributed by atoms with Gasteiger partial charge < -0.3 is 16.4 Å². The van der Waals surface area contributed by atoms with Gasteiger partial charge in [-0.25, -0.2) is 14.3 Å². The first-order chi connectivity index (χ1) is 17.9. The predicted octanol–water partition coefficient (Wildman–Crippen LogP) is 5.98. The minimum absolute atomic E-state index is 0.124. The topological polar surface area (TPSA) is 114 Å². The fourth-order valence-corrected chi connectivity index (χ4v) is 4.32. The third-order valence-corrected chi connectivity index (χ3v) is 6.09. The third-order valence-electron chi connectivity index (χ3n) is 6.09. The summed E-state index contributed by atoms with van der Waals surface area (Å²) in [5.74, 6) is 0.124. The standard InChI is InChI=1S/C29H26N6O2/c1-18(2)25-16-23(26-28(30)31-17-32-35(25)26)27(36)20-11-8-12-21(15-20)33-29(37)34-24-14-7-6-13-22(24)19-9-4-3-5-10-19/h3-18H,1-2H3,(H2,30,31,32)(H2,33,34,37). The highest BCUT2D eigenvalue weighted by molar-refractivity contribution is 6.15. The van der Waals surface area contributed by atoms with Crippen LogP contribution in [0.25, 0.3) is 16.6 Å². The van der Waals surface area contributed by atoms with Crippen LogP contribution in [0.5, 0.6) is 0 Å². The van der Waals surface area contributed by atoms with Crippen LogP contribution in [-0.2, 0) is 0 Å². The summed E-state index contributed by atoms with van der Waals surface area (Å²) in [6.07, 6.45) is 1.38. The van der Waals surface area contributed by atoms with Gasteiger partial charge in [-0.15, -0.1) is 0 Å². The molecule has 0 aliphatic carbocycles. The van der Waals surface area contributed by atoms with Crippen molar-refractivity contribution in [2.75, 3.05) is 16.4 Å². The van der Waals surface area contributed by atoms with Crippen LogP contribution >= 0.6 is 0 Å². The maximum absolute atomic E-state index is 13.5. The zero-order valence-corrected chi connectivity index (χ0v) is 20.5. The average Bonchev–Trinajstić information content (AvgIpc) is 3.31. The number of nitrogens with one attached hydrogen (secondary N) is 2. The zero-order chi connectivity index (χ0) is 25.9. The highest BCUT2D eigenvalue weighted by Gasteiger charge is 2.22. The van der Waals surface area contributed by atoms with Crippen LogP contribution in [0.2, 0.25) is 0 Å². The molecule has 0 atom stereocenters. The first-order valence-electron chi connectivity index (χ1n) is 11.9. The Balaban J connectivity index is 1.39. The first-order valence-corrected chi connectivity index (χ1v) is 11.9. The lowest BCUT2D eigenvalue weighted by Gasteiger charge is -2.12. The van der Waals surface area contributed by atoms with Gasteiger partial charge in [0.25, 0.3) is 0 Å². The Kier molecular flexibility index (Phi) is 6.38. The largest absolute Gasteiger partial charge is 0.382 e. The fourth-order valence-electron chi connectivity index (χ4n) is 4.32. The number of carbonyl (C=O) groups excluding carboxylic acids is 2. The number of anilines is 3. The molecule has 5 rings (SSSR count). The fraction of sp³-hybridized carbons (Fsp3) is 0.103. The second-order valence-corrected chi connectivity index (χ2v) is 8.94. The quantitative estimate of drug-likeness (QED) is 0.253. The molecule has 0 aliphatic heterocycles. The Bertz CT molecular complexity index is 1610. The summed E-state index contributed by atoms with van der Waals surface area (Å²) in [5.41, 5.74) is 11.3. The van der Waals surface area contributed by atoms with Gasteiger partial charge in [0.2, 0.25) is 0 Å². The SMILES string of the molecule is CC(C)c1cc(C(=O)c2cccc(NC(=O)Nc3ccccc3-c3ccccc3)c2)c2c(N)ncnn12. The molecule has 2 aromatic heterocycles. The van der Waals surface area contributed by atoms with Gasteiger partial charge in [-0.3, -0.25) is 4.79 Å². The van der Waals surface area contributed by atoms with Crippen molar-refractivity contribution < 1.29 is 9.59 Å². The van der Waals surface area contributed by atoms with Crippen molar-refractivity contribution in [2.24, 2.45) is 0 Å². The van der Waals surface area contributed by atoms with Crippen LogP contribution in [0.4, 0.5) is 22.0 Å². The molecule has 0 radical (unpaired) electrons. The molecule has 2 heterocycles. The lowest BCUT2D eigenvalue weighted by atomic mass is 10.0. The molecule has 0 spiro atoms. The number of aromatic nitrogens is 3. The highest BCUT2D eigenvalue weighted by Crippen LogP contribution is 2.29. The van der Waals surface area contributed by atoms with E-state index in [1.807, 2.05) is 68.4 Å². The van der Waals surface area contributed by atoms with Crippen molar-refractivity contribution in [3.8, 4) is 11.1 Å². The van der Waals surface area contributed by atoms with Gasteiger partial charge in [-0.1, -0.05) is 74.5 Å². The van der Waals surface area contributed by atoms with E-state index in [4.69, 9.17) is 5.73 Å². The molecule has 0 aliphatic rings. The van der Waals surface area contributed by atoms with Crippen molar-refractivity contribution in [2.45, 2.75) is 19.8 Å². The van der Waals surface area contributed by atoms with Gasteiger partial charge in [0.15, 0.2) is 11.6 Å². The molecule has 2 amide bonds. The molecular formula is C29H26N6O2. The average molecular weight is 491 g/mol. The maximum Gasteiger partial charge on any atom is 0.323 e. The number of amides is 2. The minimum Gasteiger partial charge on any atom is -0.382 e. The second kappa shape index (κ2) is 9.94. The van der Waals surface area contributed by atoms with Crippen LogP contribution in [0.3, 0.4) is 0 Å². The molecule has 0 fully saturated rings. The molecule has 0 saturated heterocycles. The van der Waals surface area contributed by atoms with E-state index in [0.717, 1.165) is 16.8 Å². The zero-order valence-electron chi connectivity index (χ0n) is 20.5. The van der Waals surface area contributed by atoms with Crippen molar-refractivity contribution in [1.29, 1.82) is 0 Å². The molecule has 0 unspecified atom stereocenters. The first kappa shape index (κ1) is 23.7. The van der Waals surface area contributed by atoms with E-state index in [2.05, 4.69) is 20.7 Å². The summed E-state index contributed by atoms with van der Waals surface area (Å²) in [4.78, 5) is 30.5. The van der Waals surface area contributed by atoms with Crippen LogP contribution in [-0.4, -0.2) is 26.4 Å². The number of nitrogen functional groups attached to an aromatic ring is 1. The van der Waals surface area contributed by atoms with Crippen molar-refractivity contribution in [3.05, 3.63) is 108 Å². The smallest absolute Gasteiger partial charge is 0.323 e. The normalized spacial score (nSPS) is 11.0. The molecule has 37 heavy (non-hydrogen) atoms. The number of rotatable bonds is 6. The number of carbonyl (C=O) groups is 2. The summed E-state index contributed by atoms with van der Waals surface area (Å²) in [6.45, 7) is 4.04. The summed E-state index contributed by atoms with van der Waals surface area (Å²) in [7, 11) is 0. The third kappa shape index (κ3) is 4.77. The van der Waals surface area contributed by atoms with E-state index < -0.39 is 6.03 Å². The van der Waals surface area contributed by atoms with Crippen molar-refractivity contribution in [3.63, 3.8) is 0 Å². The lowest BCUT2D eigenvalue weighted by molar-refractivity contribution is 0.104. The van der Waals surface area contributed by atoms with Crippen LogP contribution in [0, 0.1) is 0 Å². The van der Waals surface area contributed by atoms with Crippen molar-refractivity contribution >= 4 is 34.5 Å². The molecule has 4 N–H and O–H groups in total. The summed E-state index contributed by atoms with van der Waals surface area (Å²) < 4.78 is 1.67. The van der Waals surface area contributed by atoms with Crippen LogP contribution in [0.15, 0.2) is 91.3 Å². The van der Waals surface area contributed by atoms with E-state index in [0.29, 0.717) is 28.0 Å². The van der Waals surface area contributed by atoms with Gasteiger partial charge >= 0.3 is 6.03 Å². The summed E-state index contributed by atoms with van der Waals surface area (Å²) >= 11 is 0. The van der Waals surface area contributed by atoms with E-state index in [1.165, 1.54) is 6.33 Å². The van der Waals surface area contributed by atoms with Gasteiger partial charge in [0.05, 0.1) is 11.3 Å². The number of nitrogens with zero attached hydrogens (tertiary/aromatic N) is 3. The number of benzene rings is 3. The van der Waals surface area contributed by atoms with E-state index in [1.54, 1.807) is 34.8 Å².